The van der Waals surface area contributed by atoms with Crippen molar-refractivity contribution in [3.8, 4) is 0 Å². The standard InChI is InChI=1S/C11H8BrFN2O2S/c12-10-6-8(13)3-4-11(10)15-18(16,17)9-2-1-5-14-7-9/h1-7,15H. The SMILES string of the molecule is O=S(=O)(Nc1ccc(F)cc1Br)c1cccnc1. The van der Waals surface area contributed by atoms with Crippen LogP contribution in [0.1, 0.15) is 0 Å². The number of halogens is 2. The lowest BCUT2D eigenvalue weighted by atomic mass is 10.3. The summed E-state index contributed by atoms with van der Waals surface area (Å²) < 4.78 is 39.5. The van der Waals surface area contributed by atoms with E-state index in [0.29, 0.717) is 4.47 Å². The highest BCUT2D eigenvalue weighted by atomic mass is 79.9. The minimum Gasteiger partial charge on any atom is -0.278 e. The van der Waals surface area contributed by atoms with Crippen molar-refractivity contribution in [3.05, 3.63) is 53.0 Å². The number of benzene rings is 1. The third-order valence-corrected chi connectivity index (χ3v) is 4.13. The number of rotatable bonds is 3. The molecular weight excluding hydrogens is 323 g/mol. The Morgan fingerprint density at radius 1 is 1.28 bits per heavy atom. The molecule has 0 radical (unpaired) electrons. The molecule has 0 saturated heterocycles. The highest BCUT2D eigenvalue weighted by Crippen LogP contribution is 2.25. The summed E-state index contributed by atoms with van der Waals surface area (Å²) in [4.78, 5) is 3.78. The number of nitrogens with zero attached hydrogens (tertiary/aromatic N) is 1. The van der Waals surface area contributed by atoms with Crippen LogP contribution < -0.4 is 4.72 Å². The van der Waals surface area contributed by atoms with Crippen LogP contribution in [0, 0.1) is 5.82 Å². The first-order valence-electron chi connectivity index (χ1n) is 4.87. The quantitative estimate of drug-likeness (QED) is 0.941. The molecule has 0 aliphatic heterocycles. The van der Waals surface area contributed by atoms with Crippen LogP contribution in [-0.2, 0) is 10.0 Å². The third-order valence-electron chi connectivity index (χ3n) is 2.12. The maximum absolute atomic E-state index is 12.9. The summed E-state index contributed by atoms with van der Waals surface area (Å²) >= 11 is 3.09. The van der Waals surface area contributed by atoms with E-state index in [1.165, 1.54) is 42.7 Å². The minimum absolute atomic E-state index is 0.0428. The topological polar surface area (TPSA) is 59.1 Å². The van der Waals surface area contributed by atoms with Gasteiger partial charge in [-0.3, -0.25) is 9.71 Å². The second kappa shape index (κ2) is 5.03. The van der Waals surface area contributed by atoms with Gasteiger partial charge < -0.3 is 0 Å². The molecule has 0 bridgehead atoms. The van der Waals surface area contributed by atoms with Gasteiger partial charge in [-0.25, -0.2) is 12.8 Å². The van der Waals surface area contributed by atoms with Crippen LogP contribution in [0.3, 0.4) is 0 Å². The van der Waals surface area contributed by atoms with Crippen LogP contribution in [0.25, 0.3) is 0 Å². The molecular formula is C11H8BrFN2O2S. The predicted molar refractivity (Wildman–Crippen MR) is 69.1 cm³/mol. The first kappa shape index (κ1) is 13.0. The Morgan fingerprint density at radius 3 is 2.67 bits per heavy atom. The van der Waals surface area contributed by atoms with Crippen LogP contribution in [0.15, 0.2) is 52.1 Å². The molecule has 2 rings (SSSR count). The first-order chi connectivity index (χ1) is 8.49. The maximum Gasteiger partial charge on any atom is 0.263 e. The monoisotopic (exact) mass is 330 g/mol. The van der Waals surface area contributed by atoms with Crippen molar-refractivity contribution in [1.29, 1.82) is 0 Å². The molecule has 1 heterocycles. The van der Waals surface area contributed by atoms with Crippen molar-refractivity contribution in [2.24, 2.45) is 0 Å². The van der Waals surface area contributed by atoms with Gasteiger partial charge in [-0.15, -0.1) is 0 Å². The zero-order valence-electron chi connectivity index (χ0n) is 8.97. The normalized spacial score (nSPS) is 11.2. The summed E-state index contributed by atoms with van der Waals surface area (Å²) in [5, 5.41) is 0. The van der Waals surface area contributed by atoms with Crippen molar-refractivity contribution in [1.82, 2.24) is 4.98 Å². The Balaban J connectivity index is 2.34. The molecule has 0 fully saturated rings. The van der Waals surface area contributed by atoms with E-state index < -0.39 is 15.8 Å². The molecule has 0 saturated carbocycles. The molecule has 18 heavy (non-hydrogen) atoms. The minimum atomic E-state index is -3.71. The molecule has 0 unspecified atom stereocenters. The molecule has 0 atom stereocenters. The lowest BCUT2D eigenvalue weighted by Crippen LogP contribution is -2.13. The van der Waals surface area contributed by atoms with Gasteiger partial charge in [-0.1, -0.05) is 0 Å². The molecule has 7 heteroatoms. The van der Waals surface area contributed by atoms with Gasteiger partial charge in [0.05, 0.1) is 5.69 Å². The fourth-order valence-electron chi connectivity index (χ4n) is 1.28. The summed E-state index contributed by atoms with van der Waals surface area (Å²) in [6, 6.07) is 6.64. The second-order valence-electron chi connectivity index (χ2n) is 3.42. The Hall–Kier alpha value is -1.47. The van der Waals surface area contributed by atoms with Gasteiger partial charge in [-0.2, -0.15) is 0 Å². The number of sulfonamides is 1. The van der Waals surface area contributed by atoms with E-state index in [1.807, 2.05) is 0 Å². The Morgan fingerprint density at radius 2 is 2.06 bits per heavy atom. The van der Waals surface area contributed by atoms with E-state index in [4.69, 9.17) is 0 Å². The van der Waals surface area contributed by atoms with Crippen molar-refractivity contribution in [2.45, 2.75) is 4.90 Å². The molecule has 1 aromatic carbocycles. The summed E-state index contributed by atoms with van der Waals surface area (Å²) in [6.45, 7) is 0. The zero-order valence-corrected chi connectivity index (χ0v) is 11.4. The van der Waals surface area contributed by atoms with Gasteiger partial charge in [0.25, 0.3) is 10.0 Å². The second-order valence-corrected chi connectivity index (χ2v) is 5.96. The fourth-order valence-corrected chi connectivity index (χ4v) is 2.91. The Bertz CT molecular complexity index is 662. The molecule has 0 amide bonds. The predicted octanol–water partition coefficient (Wildman–Crippen LogP) is 2.78. The van der Waals surface area contributed by atoms with Crippen molar-refractivity contribution in [2.75, 3.05) is 4.72 Å². The van der Waals surface area contributed by atoms with Crippen molar-refractivity contribution < 1.29 is 12.8 Å². The highest BCUT2D eigenvalue weighted by molar-refractivity contribution is 9.10. The van der Waals surface area contributed by atoms with Gasteiger partial charge >= 0.3 is 0 Å². The van der Waals surface area contributed by atoms with E-state index in [9.17, 15) is 12.8 Å². The van der Waals surface area contributed by atoms with Gasteiger partial charge in [-0.05, 0) is 46.3 Å². The summed E-state index contributed by atoms with van der Waals surface area (Å²) in [5.41, 5.74) is 0.264. The van der Waals surface area contributed by atoms with E-state index in [0.717, 1.165) is 0 Å². The highest BCUT2D eigenvalue weighted by Gasteiger charge is 2.15. The first-order valence-corrected chi connectivity index (χ1v) is 7.14. The number of hydrogen-bond acceptors (Lipinski definition) is 3. The number of pyridine rings is 1. The summed E-state index contributed by atoms with van der Waals surface area (Å²) in [7, 11) is -3.71. The van der Waals surface area contributed by atoms with Gasteiger partial charge in [0, 0.05) is 16.9 Å². The summed E-state index contributed by atoms with van der Waals surface area (Å²) in [6.07, 6.45) is 2.71. The molecule has 0 spiro atoms. The van der Waals surface area contributed by atoms with Crippen molar-refractivity contribution in [3.63, 3.8) is 0 Å². The maximum atomic E-state index is 12.9. The fraction of sp³-hybridized carbons (Fsp3) is 0. The molecule has 0 aliphatic rings. The van der Waals surface area contributed by atoms with E-state index >= 15 is 0 Å². The van der Waals surface area contributed by atoms with Crippen LogP contribution >= 0.6 is 15.9 Å². The smallest absolute Gasteiger partial charge is 0.263 e. The van der Waals surface area contributed by atoms with Crippen LogP contribution in [0.4, 0.5) is 10.1 Å². The zero-order chi connectivity index (χ0) is 13.2. The summed E-state index contributed by atoms with van der Waals surface area (Å²) in [5.74, 6) is -0.453. The molecule has 4 nitrogen and oxygen atoms in total. The number of anilines is 1. The molecule has 94 valence electrons. The van der Waals surface area contributed by atoms with Crippen LogP contribution in [0.2, 0.25) is 0 Å². The average Bonchev–Trinajstić information content (AvgIpc) is 2.34. The lowest BCUT2D eigenvalue weighted by molar-refractivity contribution is 0.600. The van der Waals surface area contributed by atoms with Crippen LogP contribution in [-0.4, -0.2) is 13.4 Å². The number of aromatic nitrogens is 1. The van der Waals surface area contributed by atoms with E-state index in [2.05, 4.69) is 25.6 Å². The molecule has 0 aliphatic carbocycles. The average molecular weight is 331 g/mol. The Kier molecular flexibility index (Phi) is 3.63. The number of hydrogen-bond donors (Lipinski definition) is 1. The van der Waals surface area contributed by atoms with Gasteiger partial charge in [0.15, 0.2) is 0 Å². The third kappa shape index (κ3) is 2.85. The van der Waals surface area contributed by atoms with Crippen LogP contribution in [0.5, 0.6) is 0 Å². The molecule has 2 aromatic rings. The van der Waals surface area contributed by atoms with Gasteiger partial charge in [0.2, 0.25) is 0 Å². The molecule has 1 N–H and O–H groups in total. The van der Waals surface area contributed by atoms with Gasteiger partial charge in [0.1, 0.15) is 10.7 Å². The number of nitrogens with one attached hydrogen (secondary N) is 1. The lowest BCUT2D eigenvalue weighted by Gasteiger charge is -2.09. The van der Waals surface area contributed by atoms with E-state index in [-0.39, 0.29) is 10.6 Å². The van der Waals surface area contributed by atoms with Crippen molar-refractivity contribution >= 4 is 31.6 Å². The Labute approximate surface area is 112 Å². The molecule has 1 aromatic heterocycles. The van der Waals surface area contributed by atoms with E-state index in [1.54, 1.807) is 0 Å². The largest absolute Gasteiger partial charge is 0.278 e.